The Balaban J connectivity index is 3.46. The van der Waals surface area contributed by atoms with E-state index in [0.717, 1.165) is 25.7 Å². The quantitative estimate of drug-likeness (QED) is 0.0650. The summed E-state index contributed by atoms with van der Waals surface area (Å²) in [6, 6.07) is 0. The molecule has 0 bridgehead atoms. The van der Waals surface area contributed by atoms with E-state index < -0.39 is 6.10 Å². The van der Waals surface area contributed by atoms with Gasteiger partial charge in [-0.2, -0.15) is 0 Å². The van der Waals surface area contributed by atoms with Crippen molar-refractivity contribution in [3.63, 3.8) is 0 Å². The molecule has 1 N–H and O–H groups in total. The Bertz CT molecular complexity index is 500. The van der Waals surface area contributed by atoms with Gasteiger partial charge < -0.3 is 14.6 Å². The first-order valence-electron chi connectivity index (χ1n) is 15.4. The molecule has 0 aromatic carbocycles. The Labute approximate surface area is 224 Å². The number of allylic oxidation sites excluding steroid dienone is 4. The molecule has 0 fully saturated rings. The van der Waals surface area contributed by atoms with E-state index in [2.05, 4.69) is 38.2 Å². The highest BCUT2D eigenvalue weighted by Crippen LogP contribution is 2.12. The third-order valence-corrected chi connectivity index (χ3v) is 6.53. The van der Waals surface area contributed by atoms with Crippen molar-refractivity contribution in [1.29, 1.82) is 0 Å². The van der Waals surface area contributed by atoms with Gasteiger partial charge in [0.15, 0.2) is 0 Å². The molecule has 0 aliphatic heterocycles. The number of ether oxygens (including phenoxy) is 2. The first-order chi connectivity index (χ1) is 17.7. The van der Waals surface area contributed by atoms with Gasteiger partial charge in [0.2, 0.25) is 0 Å². The highest BCUT2D eigenvalue weighted by Gasteiger charge is 2.13. The van der Waals surface area contributed by atoms with E-state index in [1.54, 1.807) is 0 Å². The first-order valence-corrected chi connectivity index (χ1v) is 15.4. The van der Waals surface area contributed by atoms with Crippen LogP contribution in [-0.4, -0.2) is 37.0 Å². The number of hydrogen-bond donors (Lipinski definition) is 1. The van der Waals surface area contributed by atoms with Crippen LogP contribution in [0.4, 0.5) is 0 Å². The molecule has 0 saturated carbocycles. The first kappa shape index (κ1) is 34.9. The van der Waals surface area contributed by atoms with Crippen molar-refractivity contribution in [2.75, 3.05) is 19.8 Å². The zero-order valence-corrected chi connectivity index (χ0v) is 24.0. The van der Waals surface area contributed by atoms with Crippen molar-refractivity contribution >= 4 is 5.97 Å². The van der Waals surface area contributed by atoms with Crippen LogP contribution in [0.2, 0.25) is 0 Å². The van der Waals surface area contributed by atoms with Gasteiger partial charge >= 0.3 is 5.97 Å². The highest BCUT2D eigenvalue weighted by molar-refractivity contribution is 5.69. The maximum Gasteiger partial charge on any atom is 0.306 e. The third-order valence-electron chi connectivity index (χ3n) is 6.53. The summed E-state index contributed by atoms with van der Waals surface area (Å²) in [5.74, 6) is -0.209. The maximum atomic E-state index is 12.0. The monoisotopic (exact) mass is 508 g/mol. The summed E-state index contributed by atoms with van der Waals surface area (Å²) < 4.78 is 11.0. The molecule has 0 heterocycles. The molecular formula is C32H60O4. The number of hydrogen-bond acceptors (Lipinski definition) is 4. The van der Waals surface area contributed by atoms with Crippen molar-refractivity contribution in [3.8, 4) is 0 Å². The van der Waals surface area contributed by atoms with Crippen molar-refractivity contribution in [2.45, 2.75) is 155 Å². The van der Waals surface area contributed by atoms with Crippen molar-refractivity contribution in [2.24, 2.45) is 0 Å². The molecule has 4 heteroatoms. The zero-order chi connectivity index (χ0) is 26.4. The Kier molecular flexibility index (Phi) is 29.2. The smallest absolute Gasteiger partial charge is 0.306 e. The number of aliphatic hydroxyl groups excluding tert-OH is 1. The minimum Gasteiger partial charge on any atom is -0.457 e. The van der Waals surface area contributed by atoms with Crippen molar-refractivity contribution in [3.05, 3.63) is 24.3 Å². The van der Waals surface area contributed by atoms with Crippen LogP contribution < -0.4 is 0 Å². The van der Waals surface area contributed by atoms with Gasteiger partial charge in [-0.05, 0) is 38.5 Å². The lowest BCUT2D eigenvalue weighted by Crippen LogP contribution is -2.27. The number of aliphatic hydroxyl groups is 1. The Hall–Kier alpha value is -1.13. The van der Waals surface area contributed by atoms with Crippen LogP contribution in [0.3, 0.4) is 0 Å². The second-order valence-corrected chi connectivity index (χ2v) is 10.2. The second kappa shape index (κ2) is 30.1. The molecule has 0 saturated heterocycles. The van der Waals surface area contributed by atoms with Gasteiger partial charge in [-0.15, -0.1) is 0 Å². The highest BCUT2D eigenvalue weighted by atomic mass is 16.6. The molecule has 0 amide bonds. The molecule has 0 aromatic heterocycles. The molecule has 0 rings (SSSR count). The van der Waals surface area contributed by atoms with Gasteiger partial charge in [0.25, 0.3) is 0 Å². The fourth-order valence-corrected chi connectivity index (χ4v) is 4.17. The van der Waals surface area contributed by atoms with E-state index in [4.69, 9.17) is 9.47 Å². The molecule has 1 unspecified atom stereocenters. The van der Waals surface area contributed by atoms with Gasteiger partial charge in [0.1, 0.15) is 6.10 Å². The number of carbonyl (C=O) groups is 1. The van der Waals surface area contributed by atoms with Gasteiger partial charge in [-0.3, -0.25) is 4.79 Å². The molecule has 0 spiro atoms. The largest absolute Gasteiger partial charge is 0.457 e. The molecule has 0 aliphatic carbocycles. The third kappa shape index (κ3) is 27.5. The summed E-state index contributed by atoms with van der Waals surface area (Å²) in [5, 5.41) is 9.47. The fraction of sp³-hybridized carbons (Fsp3) is 0.844. The summed E-state index contributed by atoms with van der Waals surface area (Å²) in [5.41, 5.74) is 0. The van der Waals surface area contributed by atoms with Crippen LogP contribution in [0.25, 0.3) is 0 Å². The maximum absolute atomic E-state index is 12.0. The lowest BCUT2D eigenvalue weighted by atomic mass is 10.1. The van der Waals surface area contributed by atoms with E-state index in [9.17, 15) is 9.90 Å². The lowest BCUT2D eigenvalue weighted by molar-refractivity contribution is -0.154. The van der Waals surface area contributed by atoms with E-state index in [0.29, 0.717) is 19.6 Å². The standard InChI is InChI=1S/C32H60O4/c1-3-5-7-9-11-13-14-15-16-17-18-20-22-24-26-28-35-30-31(29-33)36-32(34)27-25-23-21-19-12-10-8-6-4-2/h9,11,14-15,31,33H,3-8,10,12-13,16-30H2,1-2H3/b11-9-,15-14-. The average Bonchev–Trinajstić information content (AvgIpc) is 2.88. The predicted octanol–water partition coefficient (Wildman–Crippen LogP) is 9.25. The molecule has 36 heavy (non-hydrogen) atoms. The summed E-state index contributed by atoms with van der Waals surface area (Å²) in [7, 11) is 0. The summed E-state index contributed by atoms with van der Waals surface area (Å²) in [6.45, 7) is 5.26. The van der Waals surface area contributed by atoms with Crippen molar-refractivity contribution < 1.29 is 19.4 Å². The number of unbranched alkanes of at least 4 members (excludes halogenated alkanes) is 16. The zero-order valence-electron chi connectivity index (χ0n) is 24.0. The average molecular weight is 509 g/mol. The Morgan fingerprint density at radius 3 is 1.81 bits per heavy atom. The molecule has 0 aliphatic rings. The van der Waals surface area contributed by atoms with E-state index in [1.807, 2.05) is 0 Å². The predicted molar refractivity (Wildman–Crippen MR) is 154 cm³/mol. The topological polar surface area (TPSA) is 55.8 Å². The molecule has 0 aromatic rings. The van der Waals surface area contributed by atoms with Crippen LogP contribution in [0, 0.1) is 0 Å². The van der Waals surface area contributed by atoms with Gasteiger partial charge in [0, 0.05) is 13.0 Å². The van der Waals surface area contributed by atoms with Crippen LogP contribution in [0.1, 0.15) is 149 Å². The Morgan fingerprint density at radius 2 is 1.19 bits per heavy atom. The van der Waals surface area contributed by atoms with E-state index >= 15 is 0 Å². The normalized spacial score (nSPS) is 12.6. The van der Waals surface area contributed by atoms with Crippen LogP contribution in [0.5, 0.6) is 0 Å². The minimum absolute atomic E-state index is 0.174. The second-order valence-electron chi connectivity index (χ2n) is 10.2. The fourth-order valence-electron chi connectivity index (χ4n) is 4.17. The number of carbonyl (C=O) groups excluding carboxylic acids is 1. The molecule has 0 radical (unpaired) electrons. The van der Waals surface area contributed by atoms with Crippen LogP contribution in [-0.2, 0) is 14.3 Å². The van der Waals surface area contributed by atoms with Crippen molar-refractivity contribution in [1.82, 2.24) is 0 Å². The van der Waals surface area contributed by atoms with Gasteiger partial charge in [-0.25, -0.2) is 0 Å². The molecular weight excluding hydrogens is 448 g/mol. The summed E-state index contributed by atoms with van der Waals surface area (Å²) >= 11 is 0. The summed E-state index contributed by atoms with van der Waals surface area (Å²) in [4.78, 5) is 12.0. The summed E-state index contributed by atoms with van der Waals surface area (Å²) in [6.07, 6.45) is 33.4. The van der Waals surface area contributed by atoms with Gasteiger partial charge in [-0.1, -0.05) is 128 Å². The van der Waals surface area contributed by atoms with E-state index in [-0.39, 0.29) is 12.6 Å². The molecule has 4 nitrogen and oxygen atoms in total. The lowest BCUT2D eigenvalue weighted by Gasteiger charge is -2.15. The van der Waals surface area contributed by atoms with E-state index in [1.165, 1.54) is 103 Å². The number of rotatable bonds is 28. The Morgan fingerprint density at radius 1 is 0.667 bits per heavy atom. The SMILES string of the molecule is CCCC/C=C\C/C=C\CCCCCCCCOCC(CO)OC(=O)CCCCCCCCCCC. The van der Waals surface area contributed by atoms with Gasteiger partial charge in [0.05, 0.1) is 13.2 Å². The molecule has 212 valence electrons. The van der Waals surface area contributed by atoms with Crippen LogP contribution in [0.15, 0.2) is 24.3 Å². The minimum atomic E-state index is -0.532. The number of esters is 1. The molecule has 1 atom stereocenters. The van der Waals surface area contributed by atoms with Crippen LogP contribution >= 0.6 is 0 Å².